The van der Waals surface area contributed by atoms with Crippen molar-refractivity contribution in [3.05, 3.63) is 59.7 Å². The van der Waals surface area contributed by atoms with Crippen molar-refractivity contribution in [2.45, 2.75) is 38.1 Å². The highest BCUT2D eigenvalue weighted by atomic mass is 32.2. The molecule has 2 aromatic rings. The summed E-state index contributed by atoms with van der Waals surface area (Å²) in [5.74, 6) is 2.20. The first-order valence-electron chi connectivity index (χ1n) is 10.6. The highest BCUT2D eigenvalue weighted by Gasteiger charge is 2.24. The van der Waals surface area contributed by atoms with Gasteiger partial charge in [-0.3, -0.25) is 9.69 Å². The maximum atomic E-state index is 12.5. The Balaban J connectivity index is 1.34. The van der Waals surface area contributed by atoms with Crippen LogP contribution in [0.15, 0.2) is 53.4 Å². The Kier molecular flexibility index (Phi) is 8.44. The van der Waals surface area contributed by atoms with Crippen molar-refractivity contribution < 1.29 is 9.53 Å². The molecule has 1 aliphatic rings. The Bertz CT molecular complexity index is 771. The molecule has 0 aliphatic carbocycles. The van der Waals surface area contributed by atoms with Gasteiger partial charge < -0.3 is 10.1 Å². The maximum absolute atomic E-state index is 12.5. The van der Waals surface area contributed by atoms with Gasteiger partial charge in [-0.05, 0) is 69.6 Å². The van der Waals surface area contributed by atoms with Crippen LogP contribution in [0.4, 0.5) is 0 Å². The molecule has 156 valence electrons. The van der Waals surface area contributed by atoms with Crippen LogP contribution in [0.5, 0.6) is 5.75 Å². The van der Waals surface area contributed by atoms with Gasteiger partial charge in [0.05, 0.1) is 6.61 Å². The number of hydrogen-bond acceptors (Lipinski definition) is 4. The lowest BCUT2D eigenvalue weighted by Gasteiger charge is -2.31. The second-order valence-electron chi connectivity index (χ2n) is 7.58. The number of rotatable bonds is 9. The number of carbonyl (C=O) groups is 1. The van der Waals surface area contributed by atoms with Crippen molar-refractivity contribution in [1.82, 2.24) is 10.2 Å². The smallest absolute Gasteiger partial charge is 0.223 e. The van der Waals surface area contributed by atoms with Gasteiger partial charge in [0.1, 0.15) is 5.75 Å². The molecule has 1 saturated heterocycles. The van der Waals surface area contributed by atoms with E-state index in [-0.39, 0.29) is 11.8 Å². The molecule has 3 rings (SSSR count). The number of ether oxygens (including phenoxy) is 1. The minimum atomic E-state index is 0.144. The van der Waals surface area contributed by atoms with Gasteiger partial charge >= 0.3 is 0 Å². The van der Waals surface area contributed by atoms with Crippen LogP contribution in [-0.4, -0.2) is 42.8 Å². The van der Waals surface area contributed by atoms with Gasteiger partial charge in [-0.2, -0.15) is 0 Å². The Morgan fingerprint density at radius 2 is 1.93 bits per heavy atom. The Morgan fingerprint density at radius 3 is 2.66 bits per heavy atom. The van der Waals surface area contributed by atoms with Crippen LogP contribution in [0.1, 0.15) is 30.9 Å². The Morgan fingerprint density at radius 1 is 1.17 bits per heavy atom. The summed E-state index contributed by atoms with van der Waals surface area (Å²) in [5.41, 5.74) is 2.54. The highest BCUT2D eigenvalue weighted by molar-refractivity contribution is 7.99. The van der Waals surface area contributed by atoms with Gasteiger partial charge in [0.2, 0.25) is 5.91 Å². The van der Waals surface area contributed by atoms with E-state index in [1.54, 1.807) is 11.8 Å². The van der Waals surface area contributed by atoms with E-state index in [2.05, 4.69) is 59.6 Å². The van der Waals surface area contributed by atoms with E-state index in [1.165, 1.54) is 16.0 Å². The molecule has 1 N–H and O–H groups in total. The Labute approximate surface area is 179 Å². The minimum absolute atomic E-state index is 0.144. The average Bonchev–Trinajstić information content (AvgIpc) is 2.73. The predicted octanol–water partition coefficient (Wildman–Crippen LogP) is 4.51. The molecule has 0 bridgehead atoms. The number of benzene rings is 2. The number of nitrogens with zero attached hydrogens (tertiary/aromatic N) is 1. The van der Waals surface area contributed by atoms with E-state index >= 15 is 0 Å². The molecule has 0 spiro atoms. The molecule has 0 saturated carbocycles. The SMILES string of the molecule is CCOc1cccc(CN2CCC(C(=O)NCCSc3ccc(C)cc3)CC2)c1. The maximum Gasteiger partial charge on any atom is 0.223 e. The van der Waals surface area contributed by atoms with Crippen LogP contribution >= 0.6 is 11.8 Å². The van der Waals surface area contributed by atoms with Gasteiger partial charge in [0.25, 0.3) is 0 Å². The summed E-state index contributed by atoms with van der Waals surface area (Å²) < 4.78 is 5.59. The molecule has 1 aliphatic heterocycles. The molecular formula is C24H32N2O2S. The number of thioether (sulfide) groups is 1. The zero-order valence-electron chi connectivity index (χ0n) is 17.5. The van der Waals surface area contributed by atoms with Crippen molar-refractivity contribution in [2.75, 3.05) is 32.0 Å². The van der Waals surface area contributed by atoms with Crippen LogP contribution in [0.2, 0.25) is 0 Å². The third-order valence-corrected chi connectivity index (χ3v) is 6.28. The standard InChI is InChI=1S/C24H32N2O2S/c1-3-28-22-6-4-5-20(17-22)18-26-14-11-21(12-15-26)24(27)25-13-16-29-23-9-7-19(2)8-10-23/h4-10,17,21H,3,11-16,18H2,1-2H3,(H,25,27). The summed E-state index contributed by atoms with van der Waals surface area (Å²) in [5, 5.41) is 3.13. The van der Waals surface area contributed by atoms with Crippen molar-refractivity contribution in [2.24, 2.45) is 5.92 Å². The normalized spacial score (nSPS) is 15.2. The summed E-state index contributed by atoms with van der Waals surface area (Å²) >= 11 is 1.79. The molecule has 1 fully saturated rings. The summed E-state index contributed by atoms with van der Waals surface area (Å²) in [7, 11) is 0. The second kappa shape index (κ2) is 11.3. The number of aryl methyl sites for hydroxylation is 1. The zero-order valence-corrected chi connectivity index (χ0v) is 18.3. The van der Waals surface area contributed by atoms with E-state index in [1.807, 2.05) is 13.0 Å². The largest absolute Gasteiger partial charge is 0.494 e. The number of carbonyl (C=O) groups excluding carboxylic acids is 1. The fourth-order valence-corrected chi connectivity index (χ4v) is 4.40. The molecule has 29 heavy (non-hydrogen) atoms. The van der Waals surface area contributed by atoms with E-state index in [4.69, 9.17) is 4.74 Å². The van der Waals surface area contributed by atoms with Crippen LogP contribution < -0.4 is 10.1 Å². The van der Waals surface area contributed by atoms with Gasteiger partial charge in [-0.25, -0.2) is 0 Å². The molecule has 1 amide bonds. The van der Waals surface area contributed by atoms with Gasteiger partial charge in [0, 0.05) is 29.7 Å². The summed E-state index contributed by atoms with van der Waals surface area (Å²) in [6.07, 6.45) is 1.87. The molecule has 0 unspecified atom stereocenters. The monoisotopic (exact) mass is 412 g/mol. The van der Waals surface area contributed by atoms with Crippen LogP contribution in [0, 0.1) is 12.8 Å². The van der Waals surface area contributed by atoms with Crippen LogP contribution in [-0.2, 0) is 11.3 Å². The summed E-state index contributed by atoms with van der Waals surface area (Å²) in [6.45, 7) is 8.36. The first kappa shape index (κ1) is 21.7. The summed E-state index contributed by atoms with van der Waals surface area (Å²) in [6, 6.07) is 16.9. The Hall–Kier alpha value is -1.98. The first-order valence-corrected chi connectivity index (χ1v) is 11.5. The van der Waals surface area contributed by atoms with E-state index < -0.39 is 0 Å². The molecule has 5 heteroatoms. The van der Waals surface area contributed by atoms with Crippen LogP contribution in [0.25, 0.3) is 0 Å². The average molecular weight is 413 g/mol. The van der Waals surface area contributed by atoms with Crippen LogP contribution in [0.3, 0.4) is 0 Å². The molecule has 4 nitrogen and oxygen atoms in total. The predicted molar refractivity (Wildman–Crippen MR) is 121 cm³/mol. The number of likely N-dealkylation sites (tertiary alicyclic amines) is 1. The number of piperidine rings is 1. The fourth-order valence-electron chi connectivity index (χ4n) is 3.63. The highest BCUT2D eigenvalue weighted by Crippen LogP contribution is 2.21. The van der Waals surface area contributed by atoms with Gasteiger partial charge in [0.15, 0.2) is 0 Å². The summed E-state index contributed by atoms with van der Waals surface area (Å²) in [4.78, 5) is 16.2. The van der Waals surface area contributed by atoms with E-state index in [0.717, 1.165) is 50.5 Å². The lowest BCUT2D eigenvalue weighted by molar-refractivity contribution is -0.126. The van der Waals surface area contributed by atoms with Crippen molar-refractivity contribution in [3.8, 4) is 5.75 Å². The quantitative estimate of drug-likeness (QED) is 0.486. The first-order chi connectivity index (χ1) is 14.1. The third kappa shape index (κ3) is 7.09. The molecule has 0 aromatic heterocycles. The third-order valence-electron chi connectivity index (χ3n) is 5.27. The lowest BCUT2D eigenvalue weighted by atomic mass is 9.95. The zero-order chi connectivity index (χ0) is 20.5. The van der Waals surface area contributed by atoms with E-state index in [0.29, 0.717) is 6.61 Å². The topological polar surface area (TPSA) is 41.6 Å². The van der Waals surface area contributed by atoms with Gasteiger partial charge in [-0.1, -0.05) is 29.8 Å². The molecule has 1 heterocycles. The number of nitrogens with one attached hydrogen (secondary N) is 1. The molecule has 2 aromatic carbocycles. The number of hydrogen-bond donors (Lipinski definition) is 1. The minimum Gasteiger partial charge on any atom is -0.494 e. The fraction of sp³-hybridized carbons (Fsp3) is 0.458. The lowest BCUT2D eigenvalue weighted by Crippen LogP contribution is -2.40. The number of amides is 1. The van der Waals surface area contributed by atoms with Crippen molar-refractivity contribution in [3.63, 3.8) is 0 Å². The van der Waals surface area contributed by atoms with Crippen molar-refractivity contribution >= 4 is 17.7 Å². The van der Waals surface area contributed by atoms with E-state index in [9.17, 15) is 4.79 Å². The molecule has 0 atom stereocenters. The second-order valence-corrected chi connectivity index (χ2v) is 8.75. The molecular weight excluding hydrogens is 380 g/mol. The van der Waals surface area contributed by atoms with Gasteiger partial charge in [-0.15, -0.1) is 11.8 Å². The molecule has 0 radical (unpaired) electrons. The van der Waals surface area contributed by atoms with Crippen molar-refractivity contribution in [1.29, 1.82) is 0 Å².